The molecule has 0 unspecified atom stereocenters. The number of aromatic nitrogens is 8. The molecule has 0 aliphatic carbocycles. The zero-order valence-electron chi connectivity index (χ0n) is 24.5. The van der Waals surface area contributed by atoms with Gasteiger partial charge in [0, 0.05) is 60.9 Å². The summed E-state index contributed by atoms with van der Waals surface area (Å²) >= 11 is 0. The maximum absolute atomic E-state index is 10.7. The molecule has 9 nitrogen and oxygen atoms in total. The van der Waals surface area contributed by atoms with Crippen molar-refractivity contribution >= 4 is 68.1 Å². The van der Waals surface area contributed by atoms with Gasteiger partial charge in [-0.15, -0.1) is 24.0 Å². The second-order valence-electron chi connectivity index (χ2n) is 10.6. The molecule has 0 saturated carbocycles. The number of hydrogen-bond donors (Lipinski definition) is 3. The van der Waals surface area contributed by atoms with E-state index in [1.165, 1.54) is 0 Å². The maximum atomic E-state index is 10.7. The Morgan fingerprint density at radius 1 is 0.458 bits per heavy atom. The van der Waals surface area contributed by atoms with Gasteiger partial charge in [-0.2, -0.15) is 13.2 Å². The summed E-state index contributed by atoms with van der Waals surface area (Å²) in [6.07, 6.45) is -4.18. The number of benzene rings is 4. The smallest absolute Gasteiger partial charge is 0.324 e. The quantitative estimate of drug-likeness (QED) is 0.105. The molecule has 243 valence electrons. The van der Waals surface area contributed by atoms with Crippen LogP contribution in [0.2, 0.25) is 0 Å². The van der Waals surface area contributed by atoms with Gasteiger partial charge >= 0.3 is 6.18 Å². The predicted molar refractivity (Wildman–Crippen MR) is 187 cm³/mol. The molecule has 3 aromatic heterocycles. The third-order valence-corrected chi connectivity index (χ3v) is 7.69. The van der Waals surface area contributed by atoms with Crippen LogP contribution in [0.1, 0.15) is 0 Å². The minimum atomic E-state index is -4.18. The zero-order chi connectivity index (χ0) is 31.4. The Bertz CT molecular complexity index is 2170. The fourth-order valence-corrected chi connectivity index (χ4v) is 5.59. The van der Waals surface area contributed by atoms with Gasteiger partial charge in [-0.3, -0.25) is 0 Å². The Balaban J connectivity index is 0.000000463. The Labute approximate surface area is 297 Å². The number of fused-ring (bicyclic) bond motifs is 20. The topological polar surface area (TPSA) is 135 Å². The fraction of sp³-hybridized carbons (Fsp3) is 0.0588. The van der Waals surface area contributed by atoms with Crippen molar-refractivity contribution in [1.29, 1.82) is 0 Å². The van der Waals surface area contributed by atoms with E-state index in [-0.39, 0.29) is 41.0 Å². The Hall–Kier alpha value is -4.76. The Morgan fingerprint density at radius 3 is 0.917 bits per heavy atom. The van der Waals surface area contributed by atoms with Gasteiger partial charge in [-0.05, 0) is 0 Å². The van der Waals surface area contributed by atoms with Gasteiger partial charge in [0.05, 0.1) is 6.54 Å². The second-order valence-corrected chi connectivity index (χ2v) is 10.6. The molecule has 1 radical (unpaired) electrons. The third kappa shape index (κ3) is 5.92. The number of nitrogens with zero attached hydrogens (tertiary/aromatic N) is 6. The molecule has 0 spiro atoms. The van der Waals surface area contributed by atoms with E-state index in [2.05, 4.69) is 15.7 Å². The molecule has 4 N–H and O–H groups in total. The number of rotatable bonds is 0. The minimum Gasteiger partial charge on any atom is -0.324 e. The minimum absolute atomic E-state index is 0. The van der Waals surface area contributed by atoms with Crippen LogP contribution in [0.3, 0.4) is 0 Å². The van der Waals surface area contributed by atoms with E-state index in [0.717, 1.165) is 43.8 Å². The first-order valence-corrected chi connectivity index (χ1v) is 14.3. The van der Waals surface area contributed by atoms with Crippen molar-refractivity contribution in [3.05, 3.63) is 97.1 Å². The first kappa shape index (κ1) is 33.2. The normalized spacial score (nSPS) is 11.5. The fourth-order valence-electron chi connectivity index (χ4n) is 5.59. The van der Waals surface area contributed by atoms with Crippen molar-refractivity contribution in [3.63, 3.8) is 0 Å². The summed E-state index contributed by atoms with van der Waals surface area (Å²) < 4.78 is 32.0. The van der Waals surface area contributed by atoms with Crippen LogP contribution in [0.5, 0.6) is 0 Å². The first-order valence-electron chi connectivity index (χ1n) is 14.3. The monoisotopic (exact) mass is 804 g/mol. The Morgan fingerprint density at radius 2 is 0.688 bits per heavy atom. The van der Waals surface area contributed by atoms with Crippen LogP contribution < -0.4 is 5.73 Å². The number of halogens is 4. The van der Waals surface area contributed by atoms with Crippen molar-refractivity contribution in [2.45, 2.75) is 6.18 Å². The van der Waals surface area contributed by atoms with Crippen LogP contribution in [0, 0.1) is 0 Å². The van der Waals surface area contributed by atoms with Crippen LogP contribution in [0.4, 0.5) is 13.2 Å². The van der Waals surface area contributed by atoms with Crippen molar-refractivity contribution in [1.82, 2.24) is 39.9 Å². The molecule has 4 aromatic carbocycles. The van der Waals surface area contributed by atoms with Gasteiger partial charge in [0.1, 0.15) is 22.6 Å². The largest absolute Gasteiger partial charge is 0.400 e. The van der Waals surface area contributed by atoms with E-state index in [4.69, 9.17) is 29.9 Å². The summed E-state index contributed by atoms with van der Waals surface area (Å²) in [7, 11) is 0. The molecule has 0 fully saturated rings. The zero-order valence-corrected chi connectivity index (χ0v) is 27.8. The molecule has 7 aromatic rings. The van der Waals surface area contributed by atoms with Gasteiger partial charge < -0.3 is 15.7 Å². The second kappa shape index (κ2) is 13.0. The maximum Gasteiger partial charge on any atom is 0.400 e. The Kier molecular flexibility index (Phi) is 9.00. The van der Waals surface area contributed by atoms with Gasteiger partial charge in [0.25, 0.3) is 0 Å². The van der Waals surface area contributed by atoms with Gasteiger partial charge in [0.2, 0.25) is 0 Å². The molecule has 0 atom stereocenters. The average molecular weight is 805 g/mol. The van der Waals surface area contributed by atoms with E-state index < -0.39 is 12.7 Å². The molecule has 8 bridgehead atoms. The van der Waals surface area contributed by atoms with Crippen LogP contribution in [-0.4, -0.2) is 52.6 Å². The molecule has 5 heterocycles. The summed E-state index contributed by atoms with van der Waals surface area (Å²) in [6.45, 7) is -1.23. The predicted octanol–water partition coefficient (Wildman–Crippen LogP) is 7.99. The van der Waals surface area contributed by atoms with Crippen LogP contribution in [0.15, 0.2) is 97.1 Å². The molecule has 9 rings (SSSR count). The number of nitrogens with one attached hydrogen (secondary N) is 2. The summed E-state index contributed by atoms with van der Waals surface area (Å²) in [6, 6.07) is 32.2. The van der Waals surface area contributed by atoms with Crippen molar-refractivity contribution in [2.75, 3.05) is 6.54 Å². The van der Waals surface area contributed by atoms with Crippen LogP contribution >= 0.6 is 24.0 Å². The van der Waals surface area contributed by atoms with Crippen LogP contribution in [-0.2, 0) is 17.1 Å². The number of hydrogen-bond acceptors (Lipinski definition) is 7. The molecule has 2 aliphatic heterocycles. The van der Waals surface area contributed by atoms with Crippen LogP contribution in [0.25, 0.3) is 89.7 Å². The van der Waals surface area contributed by atoms with Crippen molar-refractivity contribution < 1.29 is 30.2 Å². The standard InChI is InChI=1S/C32H18N8.C2H4F3N.Cu.HI/c1-2-10-18-17(9-1)25-33-26(18)38-28-21-13-5-6-14-22(21)30(35-28)40-32-24-16-8-7-15-23(24)31(36-32)39-29-20-12-4-3-11-19(20)27(34-29)37-25;3-2(4,5)1-6;;/h1-16H,(H2,33,34,35,36,37,38,39,40);1,6H2;;1H. The third-order valence-electron chi connectivity index (χ3n) is 7.69. The van der Waals surface area contributed by atoms with Gasteiger partial charge in [-0.25, -0.2) is 29.9 Å². The van der Waals surface area contributed by atoms with E-state index in [0.29, 0.717) is 45.9 Å². The number of aromatic amines is 2. The number of nitrogens with two attached hydrogens (primary N) is 1. The number of alkyl halides is 3. The molecule has 48 heavy (non-hydrogen) atoms. The summed E-state index contributed by atoms with van der Waals surface area (Å²) in [5.74, 6) is 2.39. The van der Waals surface area contributed by atoms with E-state index in [9.17, 15) is 13.2 Å². The molecule has 2 aliphatic rings. The molecule has 0 saturated heterocycles. The first-order chi connectivity index (χ1) is 22.4. The molecular formula is C34H23CuF3IN9. The van der Waals surface area contributed by atoms with E-state index >= 15 is 0 Å². The summed E-state index contributed by atoms with van der Waals surface area (Å²) in [5, 5.41) is 3.82. The molecular weight excluding hydrogens is 782 g/mol. The van der Waals surface area contributed by atoms with Gasteiger partial charge in [-0.1, -0.05) is 97.1 Å². The van der Waals surface area contributed by atoms with E-state index in [1.807, 2.05) is 97.1 Å². The summed E-state index contributed by atoms with van der Waals surface area (Å²) in [5.41, 5.74) is 10.6. The van der Waals surface area contributed by atoms with Crippen molar-refractivity contribution in [2.24, 2.45) is 5.73 Å². The summed E-state index contributed by atoms with van der Waals surface area (Å²) in [4.78, 5) is 36.8. The average Bonchev–Trinajstić information content (AvgIpc) is 3.80. The molecule has 0 amide bonds. The van der Waals surface area contributed by atoms with Crippen molar-refractivity contribution in [3.8, 4) is 45.6 Å². The van der Waals surface area contributed by atoms with E-state index in [1.54, 1.807) is 0 Å². The van der Waals surface area contributed by atoms with Gasteiger partial charge in [0.15, 0.2) is 23.3 Å². The SMILES string of the molecule is I.NCC(F)(F)F.[Cu].c1ccc2c(c1)-c1nc-2nc2[nH]c(nc3nc(nc4[nH]c(n1)c1ccccc41)-c1ccccc1-3)c1ccccc21. The molecule has 14 heteroatoms. The number of H-pyrrole nitrogens is 2.